The number of anilines is 1. The van der Waals surface area contributed by atoms with Crippen molar-refractivity contribution in [2.24, 2.45) is 5.92 Å². The first kappa shape index (κ1) is 24.2. The molecular formula is C25H30FN3O4S. The number of benzene rings is 2. The molecule has 1 saturated carbocycles. The summed E-state index contributed by atoms with van der Waals surface area (Å²) in [6, 6.07) is 11.3. The van der Waals surface area contributed by atoms with Gasteiger partial charge < -0.3 is 10.2 Å². The molecule has 2 amide bonds. The number of sulfonamides is 1. The molecule has 182 valence electrons. The van der Waals surface area contributed by atoms with Crippen molar-refractivity contribution < 1.29 is 22.4 Å². The molecule has 1 aliphatic heterocycles. The first-order chi connectivity index (χ1) is 16.3. The van der Waals surface area contributed by atoms with E-state index in [-0.39, 0.29) is 34.4 Å². The highest BCUT2D eigenvalue weighted by atomic mass is 32.2. The zero-order valence-corrected chi connectivity index (χ0v) is 19.8. The Hall–Kier alpha value is -2.94. The number of amides is 2. The van der Waals surface area contributed by atoms with Crippen LogP contribution in [0.5, 0.6) is 0 Å². The molecule has 1 saturated heterocycles. The average Bonchev–Trinajstić information content (AvgIpc) is 2.86. The second-order valence-electron chi connectivity index (χ2n) is 9.04. The maximum atomic E-state index is 13.8. The van der Waals surface area contributed by atoms with Gasteiger partial charge in [0.05, 0.1) is 16.5 Å². The molecule has 1 atom stereocenters. The Balaban J connectivity index is 1.38. The third-order valence-electron chi connectivity index (χ3n) is 6.56. The van der Waals surface area contributed by atoms with Crippen molar-refractivity contribution in [3.63, 3.8) is 0 Å². The highest BCUT2D eigenvalue weighted by Gasteiger charge is 2.30. The Kier molecular flexibility index (Phi) is 7.50. The van der Waals surface area contributed by atoms with Gasteiger partial charge in [-0.15, -0.1) is 0 Å². The molecular weight excluding hydrogens is 457 g/mol. The Bertz CT molecular complexity index is 1130. The molecule has 1 unspecified atom stereocenters. The number of carbonyl (C=O) groups is 2. The van der Waals surface area contributed by atoms with E-state index in [0.29, 0.717) is 18.7 Å². The molecule has 4 rings (SSSR count). The number of likely N-dealkylation sites (tertiary alicyclic amines) is 1. The molecule has 1 heterocycles. The van der Waals surface area contributed by atoms with Crippen LogP contribution in [0, 0.1) is 11.7 Å². The molecule has 2 fully saturated rings. The molecule has 0 radical (unpaired) electrons. The molecule has 7 nitrogen and oxygen atoms in total. The Labute approximate surface area is 199 Å². The minimum absolute atomic E-state index is 0.0186. The largest absolute Gasteiger partial charge is 0.353 e. The zero-order valence-electron chi connectivity index (χ0n) is 19.0. The number of piperidine rings is 1. The fourth-order valence-corrected chi connectivity index (χ4v) is 5.72. The lowest BCUT2D eigenvalue weighted by atomic mass is 9.93. The summed E-state index contributed by atoms with van der Waals surface area (Å²) in [5, 5.41) is 3.16. The summed E-state index contributed by atoms with van der Waals surface area (Å²) in [5.74, 6) is -1.12. The molecule has 2 aromatic rings. The predicted molar refractivity (Wildman–Crippen MR) is 127 cm³/mol. The third kappa shape index (κ3) is 5.75. The number of para-hydroxylation sites is 1. The van der Waals surface area contributed by atoms with Crippen molar-refractivity contribution in [2.75, 3.05) is 17.8 Å². The summed E-state index contributed by atoms with van der Waals surface area (Å²) in [4.78, 5) is 27.4. The second-order valence-corrected chi connectivity index (χ2v) is 10.7. The lowest BCUT2D eigenvalue weighted by Crippen LogP contribution is -2.47. The van der Waals surface area contributed by atoms with E-state index < -0.39 is 15.8 Å². The van der Waals surface area contributed by atoms with E-state index in [1.54, 1.807) is 4.90 Å². The van der Waals surface area contributed by atoms with Gasteiger partial charge in [-0.25, -0.2) is 12.8 Å². The number of hydrogen-bond acceptors (Lipinski definition) is 4. The maximum Gasteiger partial charge on any atom is 0.261 e. The number of carbonyl (C=O) groups excluding carboxylic acids is 2. The minimum Gasteiger partial charge on any atom is -0.353 e. The highest BCUT2D eigenvalue weighted by molar-refractivity contribution is 7.92. The SMILES string of the molecule is O=C(NC1CCCCC1)C1CCCN(C(=O)c2ccc(S(=O)(=O)Nc3ccccc3F)cc2)C1. The molecule has 0 spiro atoms. The van der Waals surface area contributed by atoms with E-state index in [1.807, 2.05) is 0 Å². The first-order valence-corrected chi connectivity index (χ1v) is 13.3. The van der Waals surface area contributed by atoms with Gasteiger partial charge in [0.2, 0.25) is 5.91 Å². The van der Waals surface area contributed by atoms with Gasteiger partial charge in [0.25, 0.3) is 15.9 Å². The Morgan fingerprint density at radius 3 is 2.32 bits per heavy atom. The predicted octanol–water partition coefficient (Wildman–Crippen LogP) is 3.93. The van der Waals surface area contributed by atoms with Gasteiger partial charge in [0, 0.05) is 24.7 Å². The highest BCUT2D eigenvalue weighted by Crippen LogP contribution is 2.23. The molecule has 34 heavy (non-hydrogen) atoms. The van der Waals surface area contributed by atoms with E-state index >= 15 is 0 Å². The van der Waals surface area contributed by atoms with Gasteiger partial charge in [0.1, 0.15) is 5.82 Å². The van der Waals surface area contributed by atoms with Crippen molar-refractivity contribution in [3.8, 4) is 0 Å². The topological polar surface area (TPSA) is 95.6 Å². The number of nitrogens with zero attached hydrogens (tertiary/aromatic N) is 1. The fraction of sp³-hybridized carbons (Fsp3) is 0.440. The van der Waals surface area contributed by atoms with Gasteiger partial charge in [-0.05, 0) is 62.1 Å². The van der Waals surface area contributed by atoms with Crippen molar-refractivity contribution in [3.05, 3.63) is 59.9 Å². The number of halogens is 1. The summed E-state index contributed by atoms with van der Waals surface area (Å²) >= 11 is 0. The van der Waals surface area contributed by atoms with E-state index in [4.69, 9.17) is 0 Å². The second kappa shape index (κ2) is 10.5. The lowest BCUT2D eigenvalue weighted by molar-refractivity contribution is -0.127. The van der Waals surface area contributed by atoms with Crippen LogP contribution < -0.4 is 10.0 Å². The molecule has 2 aliphatic rings. The molecule has 2 aromatic carbocycles. The Morgan fingerprint density at radius 2 is 1.62 bits per heavy atom. The van der Waals surface area contributed by atoms with Crippen molar-refractivity contribution in [2.45, 2.75) is 55.9 Å². The van der Waals surface area contributed by atoms with Crippen LogP contribution in [0.2, 0.25) is 0 Å². The lowest BCUT2D eigenvalue weighted by Gasteiger charge is -2.33. The quantitative estimate of drug-likeness (QED) is 0.646. The van der Waals surface area contributed by atoms with Crippen molar-refractivity contribution >= 4 is 27.5 Å². The molecule has 0 bridgehead atoms. The maximum absolute atomic E-state index is 13.8. The Morgan fingerprint density at radius 1 is 0.912 bits per heavy atom. The van der Waals surface area contributed by atoms with Crippen molar-refractivity contribution in [1.29, 1.82) is 0 Å². The molecule has 1 aliphatic carbocycles. The van der Waals surface area contributed by atoms with Gasteiger partial charge in [-0.3, -0.25) is 14.3 Å². The van der Waals surface area contributed by atoms with E-state index in [9.17, 15) is 22.4 Å². The summed E-state index contributed by atoms with van der Waals surface area (Å²) in [6.07, 6.45) is 7.03. The van der Waals surface area contributed by atoms with Crippen LogP contribution in [0.25, 0.3) is 0 Å². The summed E-state index contributed by atoms with van der Waals surface area (Å²) in [6.45, 7) is 0.910. The van der Waals surface area contributed by atoms with Gasteiger partial charge >= 0.3 is 0 Å². The smallest absolute Gasteiger partial charge is 0.261 e. The van der Waals surface area contributed by atoms with Crippen LogP contribution in [0.3, 0.4) is 0 Å². The zero-order chi connectivity index (χ0) is 24.1. The minimum atomic E-state index is -4.01. The third-order valence-corrected chi connectivity index (χ3v) is 7.94. The number of nitrogens with one attached hydrogen (secondary N) is 2. The van der Waals surface area contributed by atoms with Crippen LogP contribution in [0.4, 0.5) is 10.1 Å². The average molecular weight is 488 g/mol. The molecule has 9 heteroatoms. The van der Waals surface area contributed by atoms with Crippen LogP contribution in [-0.4, -0.2) is 44.3 Å². The van der Waals surface area contributed by atoms with Crippen molar-refractivity contribution in [1.82, 2.24) is 10.2 Å². The number of rotatable bonds is 6. The normalized spacial score (nSPS) is 19.4. The summed E-state index contributed by atoms with van der Waals surface area (Å²) in [7, 11) is -4.01. The summed E-state index contributed by atoms with van der Waals surface area (Å²) < 4.78 is 41.3. The molecule has 0 aromatic heterocycles. The van der Waals surface area contributed by atoms with Gasteiger partial charge in [-0.2, -0.15) is 0 Å². The van der Waals surface area contributed by atoms with E-state index in [2.05, 4.69) is 10.0 Å². The fourth-order valence-electron chi connectivity index (χ4n) is 4.65. The van der Waals surface area contributed by atoms with E-state index in [0.717, 1.165) is 38.5 Å². The number of hydrogen-bond donors (Lipinski definition) is 2. The molecule has 2 N–H and O–H groups in total. The first-order valence-electron chi connectivity index (χ1n) is 11.8. The van der Waals surface area contributed by atoms with Gasteiger partial charge in [0.15, 0.2) is 0 Å². The monoisotopic (exact) mass is 487 g/mol. The van der Waals surface area contributed by atoms with Gasteiger partial charge in [-0.1, -0.05) is 31.4 Å². The van der Waals surface area contributed by atoms with Crippen LogP contribution >= 0.6 is 0 Å². The van der Waals surface area contributed by atoms with Crippen LogP contribution in [0.1, 0.15) is 55.3 Å². The van der Waals surface area contributed by atoms with Crippen LogP contribution in [-0.2, 0) is 14.8 Å². The summed E-state index contributed by atoms with van der Waals surface area (Å²) in [5.41, 5.74) is 0.201. The standard InChI is InChI=1S/C25H30FN3O4S/c26-22-10-4-5-11-23(22)28-34(32,33)21-14-12-18(13-15-21)25(31)29-16-6-7-19(17-29)24(30)27-20-8-2-1-3-9-20/h4-5,10-15,19-20,28H,1-3,6-9,16-17H2,(H,27,30). The van der Waals surface area contributed by atoms with E-state index in [1.165, 1.54) is 55.0 Å². The van der Waals surface area contributed by atoms with Crippen LogP contribution in [0.15, 0.2) is 53.4 Å².